The van der Waals surface area contributed by atoms with E-state index in [4.69, 9.17) is 0 Å². The summed E-state index contributed by atoms with van der Waals surface area (Å²) in [6.45, 7) is 1.19. The Hall–Kier alpha value is -0.910. The van der Waals surface area contributed by atoms with E-state index in [9.17, 15) is 9.90 Å². The molecule has 0 bridgehead atoms. The molecule has 1 aliphatic heterocycles. The van der Waals surface area contributed by atoms with Crippen LogP contribution in [0.15, 0.2) is 28.7 Å². The number of halogens is 1. The quantitative estimate of drug-likeness (QED) is 0.917. The molecule has 5 heteroatoms. The van der Waals surface area contributed by atoms with Crippen LogP contribution in [0.2, 0.25) is 0 Å². The van der Waals surface area contributed by atoms with Gasteiger partial charge in [0, 0.05) is 23.6 Å². The molecule has 1 fully saturated rings. The first-order chi connectivity index (χ1) is 8.99. The topological polar surface area (TPSA) is 43.8 Å². The van der Waals surface area contributed by atoms with Crippen molar-refractivity contribution in [3.05, 3.63) is 34.3 Å². The zero-order valence-electron chi connectivity index (χ0n) is 11.2. The summed E-state index contributed by atoms with van der Waals surface area (Å²) in [5.41, 5.74) is 0.653. The Morgan fingerprint density at radius 2 is 2.16 bits per heavy atom. The van der Waals surface area contributed by atoms with Gasteiger partial charge in [0.25, 0.3) is 5.91 Å². The molecule has 4 nitrogen and oxygen atoms in total. The summed E-state index contributed by atoms with van der Waals surface area (Å²) < 4.78 is 0.796. The summed E-state index contributed by atoms with van der Waals surface area (Å²) in [5, 5.41) is 9.82. The van der Waals surface area contributed by atoms with E-state index in [1.54, 1.807) is 4.90 Å². The maximum atomic E-state index is 12.6. The third kappa shape index (κ3) is 3.35. The first-order valence-electron chi connectivity index (χ1n) is 6.37. The molecule has 0 aromatic heterocycles. The number of aliphatic hydroxyl groups is 1. The summed E-state index contributed by atoms with van der Waals surface area (Å²) in [6.07, 6.45) is 0.227. The van der Waals surface area contributed by atoms with E-state index in [1.165, 1.54) is 0 Å². The van der Waals surface area contributed by atoms with Crippen molar-refractivity contribution >= 4 is 21.8 Å². The second-order valence-corrected chi connectivity index (χ2v) is 6.10. The molecule has 1 saturated heterocycles. The molecule has 1 aromatic carbocycles. The minimum atomic E-state index is -0.420. The number of hydrogen-bond acceptors (Lipinski definition) is 3. The number of β-amino-alcohol motifs (C(OH)–C–C–N with tert-alkyl or cyclic N) is 1. The number of likely N-dealkylation sites (tertiary alicyclic amines) is 1. The van der Waals surface area contributed by atoms with Gasteiger partial charge in [0.2, 0.25) is 0 Å². The van der Waals surface area contributed by atoms with Gasteiger partial charge in [-0.05, 0) is 48.6 Å². The van der Waals surface area contributed by atoms with Crippen LogP contribution in [-0.2, 0) is 0 Å². The lowest BCUT2D eigenvalue weighted by atomic mass is 10.1. The molecule has 0 radical (unpaired) electrons. The molecule has 1 heterocycles. The number of carbonyl (C=O) groups excluding carboxylic acids is 1. The van der Waals surface area contributed by atoms with Crippen molar-refractivity contribution < 1.29 is 9.90 Å². The molecule has 2 unspecified atom stereocenters. The first kappa shape index (κ1) is 14.5. The van der Waals surface area contributed by atoms with E-state index in [0.717, 1.165) is 11.0 Å². The summed E-state index contributed by atoms with van der Waals surface area (Å²) >= 11 is 3.41. The van der Waals surface area contributed by atoms with Gasteiger partial charge in [-0.3, -0.25) is 4.79 Å². The van der Waals surface area contributed by atoms with Crippen molar-refractivity contribution in [3.8, 4) is 0 Å². The van der Waals surface area contributed by atoms with Crippen LogP contribution in [0.5, 0.6) is 0 Å². The van der Waals surface area contributed by atoms with Crippen LogP contribution in [0.4, 0.5) is 0 Å². The van der Waals surface area contributed by atoms with E-state index in [2.05, 4.69) is 15.9 Å². The van der Waals surface area contributed by atoms with Crippen LogP contribution in [0.1, 0.15) is 16.8 Å². The van der Waals surface area contributed by atoms with Crippen molar-refractivity contribution in [1.29, 1.82) is 0 Å². The predicted octanol–water partition coefficient (Wildman–Crippen LogP) is 1.59. The third-order valence-electron chi connectivity index (χ3n) is 3.33. The van der Waals surface area contributed by atoms with Crippen LogP contribution in [0.3, 0.4) is 0 Å². The van der Waals surface area contributed by atoms with Gasteiger partial charge in [0.05, 0.1) is 11.7 Å². The second-order valence-electron chi connectivity index (χ2n) is 5.24. The summed E-state index contributed by atoms with van der Waals surface area (Å²) in [7, 11) is 3.96. The van der Waals surface area contributed by atoms with Crippen LogP contribution in [0, 0.1) is 0 Å². The average molecular weight is 327 g/mol. The molecule has 0 saturated carbocycles. The fraction of sp³-hybridized carbons (Fsp3) is 0.500. The molecule has 0 aliphatic carbocycles. The standard InChI is InChI=1S/C14H19BrN2O2/c1-16(2)8-10-7-11(18)9-17(10)14(19)12-5-3-4-6-13(12)15/h3-6,10-11,18H,7-9H2,1-2H3. The van der Waals surface area contributed by atoms with E-state index < -0.39 is 6.10 Å². The summed E-state index contributed by atoms with van der Waals surface area (Å²) in [6, 6.07) is 7.48. The van der Waals surface area contributed by atoms with E-state index in [-0.39, 0.29) is 11.9 Å². The summed E-state index contributed by atoms with van der Waals surface area (Å²) in [5.74, 6) is -0.0177. The largest absolute Gasteiger partial charge is 0.391 e. The van der Waals surface area contributed by atoms with Gasteiger partial charge in [0.15, 0.2) is 0 Å². The highest BCUT2D eigenvalue weighted by atomic mass is 79.9. The number of amides is 1. The highest BCUT2D eigenvalue weighted by Gasteiger charge is 2.35. The lowest BCUT2D eigenvalue weighted by Gasteiger charge is -2.27. The Balaban J connectivity index is 2.19. The molecule has 2 atom stereocenters. The normalized spacial score (nSPS) is 23.1. The van der Waals surface area contributed by atoms with Crippen molar-refractivity contribution in [2.24, 2.45) is 0 Å². The van der Waals surface area contributed by atoms with Crippen molar-refractivity contribution in [1.82, 2.24) is 9.80 Å². The van der Waals surface area contributed by atoms with E-state index >= 15 is 0 Å². The van der Waals surface area contributed by atoms with Gasteiger partial charge in [-0.2, -0.15) is 0 Å². The van der Waals surface area contributed by atoms with Gasteiger partial charge in [-0.25, -0.2) is 0 Å². The zero-order valence-corrected chi connectivity index (χ0v) is 12.8. The number of hydrogen-bond donors (Lipinski definition) is 1. The molecule has 1 aromatic rings. The van der Waals surface area contributed by atoms with Gasteiger partial charge < -0.3 is 14.9 Å². The number of aliphatic hydroxyl groups excluding tert-OH is 1. The molecule has 1 N–H and O–H groups in total. The predicted molar refractivity (Wildman–Crippen MR) is 78.1 cm³/mol. The van der Waals surface area contributed by atoms with Gasteiger partial charge in [0.1, 0.15) is 0 Å². The second kappa shape index (κ2) is 6.03. The minimum absolute atomic E-state index is 0.0177. The molecule has 0 spiro atoms. The third-order valence-corrected chi connectivity index (χ3v) is 4.02. The molecule has 19 heavy (non-hydrogen) atoms. The molecule has 104 valence electrons. The minimum Gasteiger partial charge on any atom is -0.391 e. The smallest absolute Gasteiger partial charge is 0.255 e. The van der Waals surface area contributed by atoms with Crippen LogP contribution >= 0.6 is 15.9 Å². The molecular weight excluding hydrogens is 308 g/mol. The van der Waals surface area contributed by atoms with E-state index in [0.29, 0.717) is 18.5 Å². The Morgan fingerprint density at radius 1 is 1.47 bits per heavy atom. The van der Waals surface area contributed by atoms with Crippen LogP contribution in [0.25, 0.3) is 0 Å². The Kier molecular flexibility index (Phi) is 4.60. The Labute approximate surface area is 122 Å². The SMILES string of the molecule is CN(C)CC1CC(O)CN1C(=O)c1ccccc1Br. The number of likely N-dealkylation sites (N-methyl/N-ethyl adjacent to an activating group) is 1. The number of carbonyl (C=O) groups is 1. The van der Waals surface area contributed by atoms with Gasteiger partial charge >= 0.3 is 0 Å². The maximum Gasteiger partial charge on any atom is 0.255 e. The van der Waals surface area contributed by atoms with Crippen molar-refractivity contribution in [2.45, 2.75) is 18.6 Å². The fourth-order valence-electron chi connectivity index (χ4n) is 2.52. The highest BCUT2D eigenvalue weighted by Crippen LogP contribution is 2.24. The fourth-order valence-corrected chi connectivity index (χ4v) is 2.98. The van der Waals surface area contributed by atoms with Crippen LogP contribution in [-0.4, -0.2) is 60.1 Å². The lowest BCUT2D eigenvalue weighted by Crippen LogP contribution is -2.41. The summed E-state index contributed by atoms with van der Waals surface area (Å²) in [4.78, 5) is 16.4. The number of nitrogens with zero attached hydrogens (tertiary/aromatic N) is 2. The molecule has 1 aliphatic rings. The van der Waals surface area contributed by atoms with Crippen molar-refractivity contribution in [2.75, 3.05) is 27.2 Å². The Bertz CT molecular complexity index is 465. The molecular formula is C14H19BrN2O2. The number of rotatable bonds is 3. The van der Waals surface area contributed by atoms with Crippen molar-refractivity contribution in [3.63, 3.8) is 0 Å². The van der Waals surface area contributed by atoms with Gasteiger partial charge in [-0.1, -0.05) is 12.1 Å². The molecule has 1 amide bonds. The maximum absolute atomic E-state index is 12.6. The monoisotopic (exact) mass is 326 g/mol. The van der Waals surface area contributed by atoms with E-state index in [1.807, 2.05) is 43.3 Å². The zero-order chi connectivity index (χ0) is 14.0. The van der Waals surface area contributed by atoms with Gasteiger partial charge in [-0.15, -0.1) is 0 Å². The Morgan fingerprint density at radius 3 is 2.79 bits per heavy atom. The first-order valence-corrected chi connectivity index (χ1v) is 7.16. The lowest BCUT2D eigenvalue weighted by molar-refractivity contribution is 0.0698. The number of benzene rings is 1. The highest BCUT2D eigenvalue weighted by molar-refractivity contribution is 9.10. The molecule has 2 rings (SSSR count). The van der Waals surface area contributed by atoms with Crippen LogP contribution < -0.4 is 0 Å². The average Bonchev–Trinajstić information content (AvgIpc) is 2.69.